The summed E-state index contributed by atoms with van der Waals surface area (Å²) in [4.78, 5) is 0. The molecule has 0 aliphatic rings. The van der Waals surface area contributed by atoms with Crippen LogP contribution in [0.1, 0.15) is 0 Å². The van der Waals surface area contributed by atoms with Gasteiger partial charge in [0, 0.05) is 32.9 Å². The van der Waals surface area contributed by atoms with Crippen LogP contribution in [0.4, 0.5) is 0 Å². The minimum absolute atomic E-state index is 1.18. The lowest BCUT2D eigenvalue weighted by Gasteiger charge is -2.11. The molecule has 33 heavy (non-hydrogen) atoms. The fourth-order valence-electron chi connectivity index (χ4n) is 5.34. The Bertz CT molecular complexity index is 1780. The van der Waals surface area contributed by atoms with E-state index >= 15 is 0 Å². The average molecular weight is 420 g/mol. The molecule has 0 aliphatic carbocycles. The molecule has 0 bridgehead atoms. The molecule has 2 heterocycles. The van der Waals surface area contributed by atoms with Gasteiger partial charge in [0.1, 0.15) is 7.85 Å². The fourth-order valence-corrected chi connectivity index (χ4v) is 5.34. The molecular formula is C30H21BN2. The lowest BCUT2D eigenvalue weighted by Crippen LogP contribution is -2.04. The zero-order valence-electron chi connectivity index (χ0n) is 18.4. The third kappa shape index (κ3) is 2.63. The van der Waals surface area contributed by atoms with Crippen LogP contribution >= 0.6 is 0 Å². The lowest BCUT2D eigenvalue weighted by atomic mass is 9.96. The van der Waals surface area contributed by atoms with E-state index in [1.54, 1.807) is 0 Å². The van der Waals surface area contributed by atoms with Crippen molar-refractivity contribution in [3.05, 3.63) is 115 Å². The van der Waals surface area contributed by atoms with Crippen LogP contribution < -0.4 is 5.46 Å². The number of hydrogen-bond donors (Lipinski definition) is 0. The highest BCUT2D eigenvalue weighted by Crippen LogP contribution is 2.36. The smallest absolute Gasteiger partial charge is 0.139 e. The van der Waals surface area contributed by atoms with Crippen LogP contribution in [-0.4, -0.2) is 17.0 Å². The summed E-state index contributed by atoms with van der Waals surface area (Å²) >= 11 is 0. The molecule has 0 unspecified atom stereocenters. The van der Waals surface area contributed by atoms with Gasteiger partial charge in [-0.1, -0.05) is 78.3 Å². The highest BCUT2D eigenvalue weighted by Gasteiger charge is 2.16. The van der Waals surface area contributed by atoms with Crippen LogP contribution in [0.5, 0.6) is 0 Å². The maximum absolute atomic E-state index is 2.40. The maximum Gasteiger partial charge on any atom is 0.139 e. The molecule has 7 aromatic rings. The summed E-state index contributed by atoms with van der Waals surface area (Å²) in [5, 5.41) is 5.12. The van der Waals surface area contributed by atoms with Crippen LogP contribution in [-0.2, 0) is 0 Å². The van der Waals surface area contributed by atoms with Crippen LogP contribution in [0, 0.1) is 0 Å². The number of fused-ring (bicyclic) bond motifs is 6. The Hall–Kier alpha value is -4.24. The summed E-state index contributed by atoms with van der Waals surface area (Å²) in [6, 6.07) is 41.7. The quantitative estimate of drug-likeness (QED) is 0.298. The number of rotatable bonds is 2. The largest absolute Gasteiger partial charge is 0.309 e. The molecule has 0 N–H and O–H groups in total. The van der Waals surface area contributed by atoms with Crippen molar-refractivity contribution in [2.75, 3.05) is 0 Å². The molecule has 0 spiro atoms. The zero-order valence-corrected chi connectivity index (χ0v) is 18.4. The van der Waals surface area contributed by atoms with Crippen LogP contribution in [0.2, 0.25) is 0 Å². The molecule has 0 fully saturated rings. The van der Waals surface area contributed by atoms with E-state index < -0.39 is 0 Å². The third-order valence-electron chi connectivity index (χ3n) is 6.76. The average Bonchev–Trinajstić information content (AvgIpc) is 3.36. The molecule has 0 saturated heterocycles. The highest BCUT2D eigenvalue weighted by atomic mass is 15.0. The normalized spacial score (nSPS) is 11.8. The molecular weight excluding hydrogens is 399 g/mol. The topological polar surface area (TPSA) is 9.86 Å². The van der Waals surface area contributed by atoms with Gasteiger partial charge in [0.25, 0.3) is 0 Å². The molecule has 0 aliphatic heterocycles. The molecule has 0 saturated carbocycles. The van der Waals surface area contributed by atoms with E-state index in [-0.39, 0.29) is 0 Å². The van der Waals surface area contributed by atoms with Crippen molar-refractivity contribution in [3.63, 3.8) is 0 Å². The predicted molar refractivity (Wildman–Crippen MR) is 143 cm³/mol. The highest BCUT2D eigenvalue weighted by molar-refractivity contribution is 6.32. The summed E-state index contributed by atoms with van der Waals surface area (Å²) in [7, 11) is 2.15. The number of hydrogen-bond acceptors (Lipinski definition) is 0. The second-order valence-electron chi connectivity index (χ2n) is 8.76. The van der Waals surface area contributed by atoms with Gasteiger partial charge < -0.3 is 9.13 Å². The first-order chi connectivity index (χ1) is 16.3. The van der Waals surface area contributed by atoms with E-state index in [4.69, 9.17) is 0 Å². The Morgan fingerprint density at radius 1 is 0.394 bits per heavy atom. The Balaban J connectivity index is 1.61. The van der Waals surface area contributed by atoms with Crippen molar-refractivity contribution in [3.8, 4) is 11.4 Å². The standard InChI is InChI=1S/C30H21BN2/c31-20-8-7-9-21(18-20)33-29-15-6-3-12-25(29)26-17-16-22(19-30(26)33)32-27-13-4-1-10-23(27)24-11-2-5-14-28(24)32/h1-19H,31H2. The molecule has 5 aromatic carbocycles. The molecule has 7 rings (SSSR count). The molecule has 0 amide bonds. The molecule has 154 valence electrons. The van der Waals surface area contributed by atoms with E-state index in [0.29, 0.717) is 0 Å². The van der Waals surface area contributed by atoms with Crippen LogP contribution in [0.25, 0.3) is 55.0 Å². The Labute approximate surface area is 192 Å². The predicted octanol–water partition coefficient (Wildman–Crippen LogP) is 6.14. The van der Waals surface area contributed by atoms with Gasteiger partial charge in [0.05, 0.1) is 22.1 Å². The van der Waals surface area contributed by atoms with E-state index in [1.165, 1.54) is 60.4 Å². The first-order valence-electron chi connectivity index (χ1n) is 11.4. The monoisotopic (exact) mass is 420 g/mol. The number of benzene rings is 5. The van der Waals surface area contributed by atoms with Gasteiger partial charge in [-0.15, -0.1) is 0 Å². The van der Waals surface area contributed by atoms with Gasteiger partial charge in [-0.25, -0.2) is 0 Å². The number of nitrogens with zero attached hydrogens (tertiary/aromatic N) is 2. The maximum atomic E-state index is 2.40. The third-order valence-corrected chi connectivity index (χ3v) is 6.76. The first-order valence-corrected chi connectivity index (χ1v) is 11.4. The van der Waals surface area contributed by atoms with Gasteiger partial charge >= 0.3 is 0 Å². The lowest BCUT2D eigenvalue weighted by molar-refractivity contribution is 1.16. The summed E-state index contributed by atoms with van der Waals surface area (Å²) < 4.78 is 4.79. The Morgan fingerprint density at radius 2 is 0.879 bits per heavy atom. The van der Waals surface area contributed by atoms with E-state index in [0.717, 1.165) is 0 Å². The Kier molecular flexibility index (Phi) is 3.83. The summed E-state index contributed by atoms with van der Waals surface area (Å²) in [6.07, 6.45) is 0. The number of para-hydroxylation sites is 3. The van der Waals surface area contributed by atoms with Gasteiger partial charge in [-0.3, -0.25) is 0 Å². The SMILES string of the molecule is Bc1cccc(-n2c3ccccc3c3ccc(-n4c5ccccc5c5ccccc54)cc32)c1. The summed E-state index contributed by atoms with van der Waals surface area (Å²) in [6.45, 7) is 0. The minimum atomic E-state index is 1.18. The van der Waals surface area contributed by atoms with Crippen LogP contribution in [0.3, 0.4) is 0 Å². The second kappa shape index (κ2) is 6.88. The molecule has 2 aromatic heterocycles. The summed E-state index contributed by atoms with van der Waals surface area (Å²) in [5.74, 6) is 0. The second-order valence-corrected chi connectivity index (χ2v) is 8.76. The van der Waals surface area contributed by atoms with Crippen LogP contribution in [0.15, 0.2) is 115 Å². The van der Waals surface area contributed by atoms with Gasteiger partial charge in [-0.2, -0.15) is 0 Å². The van der Waals surface area contributed by atoms with Crippen molar-refractivity contribution in [2.45, 2.75) is 0 Å². The van der Waals surface area contributed by atoms with Crippen molar-refractivity contribution < 1.29 is 0 Å². The fraction of sp³-hybridized carbons (Fsp3) is 0. The van der Waals surface area contributed by atoms with Crippen molar-refractivity contribution in [2.24, 2.45) is 0 Å². The van der Waals surface area contributed by atoms with Gasteiger partial charge in [-0.05, 0) is 42.5 Å². The first kappa shape index (κ1) is 18.3. The Morgan fingerprint density at radius 3 is 1.45 bits per heavy atom. The minimum Gasteiger partial charge on any atom is -0.309 e. The van der Waals surface area contributed by atoms with Gasteiger partial charge in [0.2, 0.25) is 0 Å². The molecule has 2 nitrogen and oxygen atoms in total. The van der Waals surface area contributed by atoms with Crippen molar-refractivity contribution >= 4 is 56.9 Å². The van der Waals surface area contributed by atoms with Crippen molar-refractivity contribution in [1.82, 2.24) is 9.13 Å². The number of aromatic nitrogens is 2. The molecule has 0 radical (unpaired) electrons. The van der Waals surface area contributed by atoms with E-state index in [9.17, 15) is 0 Å². The van der Waals surface area contributed by atoms with E-state index in [1.807, 2.05) is 0 Å². The molecule has 3 heteroatoms. The van der Waals surface area contributed by atoms with Gasteiger partial charge in [0.15, 0.2) is 0 Å². The van der Waals surface area contributed by atoms with Crippen molar-refractivity contribution in [1.29, 1.82) is 0 Å². The van der Waals surface area contributed by atoms with E-state index in [2.05, 4.69) is 132 Å². The molecule has 0 atom stereocenters. The summed E-state index contributed by atoms with van der Waals surface area (Å²) in [5.41, 5.74) is 8.56. The zero-order chi connectivity index (χ0) is 21.9.